The minimum Gasteiger partial charge on any atom is -0.364 e. The number of H-pyrrole nitrogens is 1. The Bertz CT molecular complexity index is 874. The second-order valence-corrected chi connectivity index (χ2v) is 4.66. The van der Waals surface area contributed by atoms with E-state index in [1.54, 1.807) is 12.1 Å². The summed E-state index contributed by atoms with van der Waals surface area (Å²) in [6.45, 7) is 0. The van der Waals surface area contributed by atoms with Crippen molar-refractivity contribution in [3.05, 3.63) is 59.8 Å². The predicted molar refractivity (Wildman–Crippen MR) is 80.5 cm³/mol. The van der Waals surface area contributed by atoms with E-state index in [-0.39, 0.29) is 5.69 Å². The van der Waals surface area contributed by atoms with Crippen LogP contribution < -0.4 is 5.73 Å². The van der Waals surface area contributed by atoms with Crippen LogP contribution in [0.1, 0.15) is 16.1 Å². The first-order valence-corrected chi connectivity index (χ1v) is 6.50. The summed E-state index contributed by atoms with van der Waals surface area (Å²) in [5.41, 5.74) is 9.07. The molecular weight excluding hydrogens is 278 g/mol. The van der Waals surface area contributed by atoms with Gasteiger partial charge in [0.15, 0.2) is 5.69 Å². The Morgan fingerprint density at radius 3 is 2.45 bits per heavy atom. The molecule has 1 heterocycles. The number of nitrogens with two attached hydrogens (primary N) is 1. The number of nitrogens with one attached hydrogen (secondary N) is 1. The molecule has 0 aliphatic rings. The number of nitriles is 1. The molecule has 0 spiro atoms. The number of primary amides is 1. The average molecular weight is 289 g/mol. The topological polar surface area (TPSA) is 108 Å². The smallest absolute Gasteiger partial charge is 0.271 e. The van der Waals surface area contributed by atoms with Gasteiger partial charge in [0.25, 0.3) is 5.91 Å². The Kier molecular flexibility index (Phi) is 3.38. The van der Waals surface area contributed by atoms with Gasteiger partial charge >= 0.3 is 0 Å². The van der Waals surface area contributed by atoms with Gasteiger partial charge in [-0.15, -0.1) is 0 Å². The maximum atomic E-state index is 11.4. The molecule has 2 aromatic carbocycles. The first kappa shape index (κ1) is 13.5. The molecule has 106 valence electrons. The predicted octanol–water partition coefficient (Wildman–Crippen LogP) is 2.11. The van der Waals surface area contributed by atoms with Gasteiger partial charge in [-0.25, -0.2) is 0 Å². The molecule has 0 bridgehead atoms. The number of rotatable bonds is 3. The number of carbonyl (C=O) groups is 1. The third-order valence-electron chi connectivity index (χ3n) is 3.26. The van der Waals surface area contributed by atoms with Gasteiger partial charge in [0.2, 0.25) is 0 Å². The Balaban J connectivity index is 2.04. The summed E-state index contributed by atoms with van der Waals surface area (Å²) >= 11 is 0. The van der Waals surface area contributed by atoms with Crippen LogP contribution in [-0.2, 0) is 0 Å². The summed E-state index contributed by atoms with van der Waals surface area (Å²) < 4.78 is 0. The molecule has 0 saturated carbocycles. The third-order valence-corrected chi connectivity index (χ3v) is 3.26. The lowest BCUT2D eigenvalue weighted by molar-refractivity contribution is 0.0996. The molecule has 0 fully saturated rings. The molecule has 0 aliphatic carbocycles. The van der Waals surface area contributed by atoms with Gasteiger partial charge in [0, 0.05) is 5.56 Å². The van der Waals surface area contributed by atoms with Crippen molar-refractivity contribution < 1.29 is 4.79 Å². The van der Waals surface area contributed by atoms with Crippen molar-refractivity contribution in [1.82, 2.24) is 15.4 Å². The van der Waals surface area contributed by atoms with Crippen molar-refractivity contribution >= 4 is 5.91 Å². The van der Waals surface area contributed by atoms with Crippen molar-refractivity contribution in [2.45, 2.75) is 0 Å². The van der Waals surface area contributed by atoms with E-state index in [1.165, 1.54) is 0 Å². The number of benzene rings is 2. The highest BCUT2D eigenvalue weighted by Gasteiger charge is 2.15. The van der Waals surface area contributed by atoms with Gasteiger partial charge < -0.3 is 5.73 Å². The molecule has 0 aliphatic heterocycles. The lowest BCUT2D eigenvalue weighted by Gasteiger charge is -2.04. The second kappa shape index (κ2) is 5.50. The van der Waals surface area contributed by atoms with Gasteiger partial charge in [-0.1, -0.05) is 30.3 Å². The van der Waals surface area contributed by atoms with Gasteiger partial charge in [-0.05, 0) is 29.3 Å². The highest BCUT2D eigenvalue weighted by atomic mass is 16.1. The molecular formula is C16H11N5O. The van der Waals surface area contributed by atoms with Crippen molar-refractivity contribution in [1.29, 1.82) is 5.26 Å². The van der Waals surface area contributed by atoms with Crippen LogP contribution in [0, 0.1) is 11.3 Å². The number of nitrogens with zero attached hydrogens (tertiary/aromatic N) is 3. The van der Waals surface area contributed by atoms with Gasteiger partial charge in [0.1, 0.15) is 5.69 Å². The van der Waals surface area contributed by atoms with E-state index in [0.29, 0.717) is 11.3 Å². The fourth-order valence-electron chi connectivity index (χ4n) is 2.19. The molecule has 6 nitrogen and oxygen atoms in total. The molecule has 0 atom stereocenters. The van der Waals surface area contributed by atoms with Crippen molar-refractivity contribution in [2.24, 2.45) is 5.73 Å². The summed E-state index contributed by atoms with van der Waals surface area (Å²) in [7, 11) is 0. The minimum atomic E-state index is -0.632. The van der Waals surface area contributed by atoms with Crippen LogP contribution in [0.25, 0.3) is 22.4 Å². The number of aromatic amines is 1. The second-order valence-electron chi connectivity index (χ2n) is 4.66. The monoisotopic (exact) mass is 289 g/mol. The first-order chi connectivity index (χ1) is 10.7. The zero-order valence-corrected chi connectivity index (χ0v) is 11.4. The highest BCUT2D eigenvalue weighted by Crippen LogP contribution is 2.26. The van der Waals surface area contributed by atoms with Crippen LogP contribution in [0.5, 0.6) is 0 Å². The number of hydrogen-bond acceptors (Lipinski definition) is 4. The highest BCUT2D eigenvalue weighted by molar-refractivity contribution is 5.96. The summed E-state index contributed by atoms with van der Waals surface area (Å²) in [4.78, 5) is 11.4. The van der Waals surface area contributed by atoms with E-state index in [9.17, 15) is 4.79 Å². The van der Waals surface area contributed by atoms with Gasteiger partial charge in [-0.3, -0.25) is 4.79 Å². The van der Waals surface area contributed by atoms with Crippen molar-refractivity contribution in [3.63, 3.8) is 0 Å². The molecule has 0 saturated heterocycles. The maximum Gasteiger partial charge on any atom is 0.271 e. The van der Waals surface area contributed by atoms with Gasteiger partial charge in [-0.2, -0.15) is 20.7 Å². The van der Waals surface area contributed by atoms with E-state index in [0.717, 1.165) is 16.7 Å². The molecule has 22 heavy (non-hydrogen) atoms. The van der Waals surface area contributed by atoms with E-state index < -0.39 is 5.91 Å². The standard InChI is InChI=1S/C16H11N5O/c17-9-10-4-6-11(7-5-10)12-2-1-3-13(8-12)14-15(16(18)22)20-21-19-14/h1-8H,(H2,18,22)(H,19,20,21). The summed E-state index contributed by atoms with van der Waals surface area (Å²) in [6.07, 6.45) is 0. The lowest BCUT2D eigenvalue weighted by Crippen LogP contribution is -2.12. The Morgan fingerprint density at radius 1 is 1.05 bits per heavy atom. The fourth-order valence-corrected chi connectivity index (χ4v) is 2.19. The SMILES string of the molecule is N#Cc1ccc(-c2cccc(-c3n[nH]nc3C(N)=O)c2)cc1. The van der Waals surface area contributed by atoms with Crippen LogP contribution in [0.4, 0.5) is 0 Å². The van der Waals surface area contributed by atoms with Crippen molar-refractivity contribution in [2.75, 3.05) is 0 Å². The Hall–Kier alpha value is -3.46. The zero-order chi connectivity index (χ0) is 15.5. The molecule has 1 aromatic heterocycles. The number of carbonyl (C=O) groups excluding carboxylic acids is 1. The Morgan fingerprint density at radius 2 is 1.77 bits per heavy atom. The lowest BCUT2D eigenvalue weighted by atomic mass is 10.00. The maximum absolute atomic E-state index is 11.4. The van der Waals surface area contributed by atoms with Crippen molar-refractivity contribution in [3.8, 4) is 28.5 Å². The quantitative estimate of drug-likeness (QED) is 0.769. The van der Waals surface area contributed by atoms with Gasteiger partial charge in [0.05, 0.1) is 11.6 Å². The van der Waals surface area contributed by atoms with E-state index >= 15 is 0 Å². The van der Waals surface area contributed by atoms with E-state index in [2.05, 4.69) is 21.5 Å². The number of aromatic nitrogens is 3. The normalized spacial score (nSPS) is 10.1. The summed E-state index contributed by atoms with van der Waals surface area (Å²) in [6, 6.07) is 16.9. The molecule has 0 radical (unpaired) electrons. The fraction of sp³-hybridized carbons (Fsp3) is 0. The molecule has 0 unspecified atom stereocenters. The average Bonchev–Trinajstić information content (AvgIpc) is 3.05. The number of amides is 1. The molecule has 3 N–H and O–H groups in total. The summed E-state index contributed by atoms with van der Waals surface area (Å²) in [5, 5.41) is 19.0. The summed E-state index contributed by atoms with van der Waals surface area (Å²) in [5.74, 6) is -0.632. The van der Waals surface area contributed by atoms with E-state index in [1.807, 2.05) is 36.4 Å². The van der Waals surface area contributed by atoms with Crippen LogP contribution in [0.3, 0.4) is 0 Å². The van der Waals surface area contributed by atoms with Crippen LogP contribution >= 0.6 is 0 Å². The van der Waals surface area contributed by atoms with Crippen LogP contribution in [0.15, 0.2) is 48.5 Å². The van der Waals surface area contributed by atoms with E-state index in [4.69, 9.17) is 11.0 Å². The minimum absolute atomic E-state index is 0.108. The first-order valence-electron chi connectivity index (χ1n) is 6.50. The van der Waals surface area contributed by atoms with Crippen LogP contribution in [-0.4, -0.2) is 21.3 Å². The molecule has 1 amide bonds. The molecule has 6 heteroatoms. The zero-order valence-electron chi connectivity index (χ0n) is 11.4. The molecule has 3 rings (SSSR count). The number of hydrogen-bond donors (Lipinski definition) is 2. The molecule has 3 aromatic rings. The van der Waals surface area contributed by atoms with Crippen LogP contribution in [0.2, 0.25) is 0 Å². The Labute approximate surface area is 126 Å². The third kappa shape index (κ3) is 2.43. The largest absolute Gasteiger partial charge is 0.364 e.